The third kappa shape index (κ3) is 4.45. The first kappa shape index (κ1) is 18.3. The summed E-state index contributed by atoms with van der Waals surface area (Å²) >= 11 is 11.9. The number of urea groups is 1. The Morgan fingerprint density at radius 3 is 2.22 bits per heavy atom. The van der Waals surface area contributed by atoms with E-state index in [2.05, 4.69) is 14.9 Å². The van der Waals surface area contributed by atoms with Crippen LogP contribution >= 0.6 is 23.2 Å². The monoisotopic (exact) mass is 405 g/mol. The molecule has 2 fully saturated rings. The molecule has 0 spiro atoms. The molecule has 1 saturated heterocycles. The van der Waals surface area contributed by atoms with Crippen molar-refractivity contribution in [2.45, 2.75) is 12.8 Å². The van der Waals surface area contributed by atoms with E-state index in [1.54, 1.807) is 12.4 Å². The standard InChI is InChI=1S/C19H21Cl2N5O/c20-15-3-5-17(6-4-15)26(13-14-1-2-14)19(27)25-9-7-24(8-10-25)18-22-11-16(21)12-23-18/h3-6,11-12,14H,1-2,7-10,13H2. The number of carbonyl (C=O) groups is 1. The van der Waals surface area contributed by atoms with Gasteiger partial charge in [-0.1, -0.05) is 23.2 Å². The van der Waals surface area contributed by atoms with Gasteiger partial charge in [-0.05, 0) is 43.0 Å². The van der Waals surface area contributed by atoms with Gasteiger partial charge in [0, 0.05) is 43.4 Å². The van der Waals surface area contributed by atoms with Gasteiger partial charge in [0.25, 0.3) is 0 Å². The first-order valence-corrected chi connectivity index (χ1v) is 9.90. The maximum atomic E-state index is 13.2. The third-order valence-electron chi connectivity index (χ3n) is 4.95. The highest BCUT2D eigenvalue weighted by atomic mass is 35.5. The molecule has 1 aliphatic carbocycles. The Bertz CT molecular complexity index is 787. The number of benzene rings is 1. The maximum Gasteiger partial charge on any atom is 0.324 e. The number of hydrogen-bond acceptors (Lipinski definition) is 4. The maximum absolute atomic E-state index is 13.2. The highest BCUT2D eigenvalue weighted by molar-refractivity contribution is 6.30. The van der Waals surface area contributed by atoms with E-state index in [0.29, 0.717) is 48.1 Å². The summed E-state index contributed by atoms with van der Waals surface area (Å²) < 4.78 is 0. The van der Waals surface area contributed by atoms with Gasteiger partial charge in [-0.3, -0.25) is 4.90 Å². The minimum absolute atomic E-state index is 0.0564. The molecule has 1 aliphatic heterocycles. The molecule has 0 unspecified atom stereocenters. The zero-order valence-corrected chi connectivity index (χ0v) is 16.4. The molecular weight excluding hydrogens is 385 g/mol. The molecule has 8 heteroatoms. The molecule has 0 radical (unpaired) electrons. The number of nitrogens with zero attached hydrogens (tertiary/aromatic N) is 5. The molecule has 1 aromatic heterocycles. The van der Waals surface area contributed by atoms with Gasteiger partial charge in [-0.2, -0.15) is 0 Å². The van der Waals surface area contributed by atoms with E-state index in [9.17, 15) is 4.79 Å². The van der Waals surface area contributed by atoms with E-state index < -0.39 is 0 Å². The third-order valence-corrected chi connectivity index (χ3v) is 5.39. The van der Waals surface area contributed by atoms with Gasteiger partial charge < -0.3 is 9.80 Å². The summed E-state index contributed by atoms with van der Waals surface area (Å²) in [6.45, 7) is 3.44. The van der Waals surface area contributed by atoms with Crippen LogP contribution in [0.4, 0.5) is 16.4 Å². The highest BCUT2D eigenvalue weighted by Gasteiger charge is 2.31. The minimum Gasteiger partial charge on any atom is -0.337 e. The number of amides is 2. The first-order valence-electron chi connectivity index (χ1n) is 9.14. The van der Waals surface area contributed by atoms with Crippen LogP contribution in [0.25, 0.3) is 0 Å². The SMILES string of the molecule is O=C(N1CCN(c2ncc(Cl)cn2)CC1)N(CC1CC1)c1ccc(Cl)cc1. The minimum atomic E-state index is 0.0564. The molecule has 2 aromatic rings. The molecule has 0 atom stereocenters. The quantitative estimate of drug-likeness (QED) is 0.772. The van der Waals surface area contributed by atoms with E-state index in [1.165, 1.54) is 12.8 Å². The first-order chi connectivity index (χ1) is 13.1. The summed E-state index contributed by atoms with van der Waals surface area (Å²) in [5.74, 6) is 1.26. The average molecular weight is 406 g/mol. The molecule has 142 valence electrons. The van der Waals surface area contributed by atoms with E-state index in [0.717, 1.165) is 12.2 Å². The Morgan fingerprint density at radius 1 is 1.00 bits per heavy atom. The molecular formula is C19H21Cl2N5O. The number of carbonyl (C=O) groups excluding carboxylic acids is 1. The Balaban J connectivity index is 1.43. The van der Waals surface area contributed by atoms with E-state index in [1.807, 2.05) is 34.1 Å². The molecule has 27 heavy (non-hydrogen) atoms. The average Bonchev–Trinajstić information content (AvgIpc) is 3.51. The summed E-state index contributed by atoms with van der Waals surface area (Å²) in [5.41, 5.74) is 0.903. The molecule has 6 nitrogen and oxygen atoms in total. The van der Waals surface area contributed by atoms with Gasteiger partial charge >= 0.3 is 6.03 Å². The second-order valence-electron chi connectivity index (χ2n) is 6.99. The van der Waals surface area contributed by atoms with Crippen LogP contribution < -0.4 is 9.80 Å². The topological polar surface area (TPSA) is 52.6 Å². The number of halogens is 2. The Labute approximate surface area is 168 Å². The van der Waals surface area contributed by atoms with Crippen LogP contribution in [0.3, 0.4) is 0 Å². The van der Waals surface area contributed by atoms with Gasteiger partial charge in [0.05, 0.1) is 17.4 Å². The fourth-order valence-corrected chi connectivity index (χ4v) is 3.43. The zero-order chi connectivity index (χ0) is 18.8. The zero-order valence-electron chi connectivity index (χ0n) is 14.9. The van der Waals surface area contributed by atoms with E-state index in [-0.39, 0.29) is 6.03 Å². The molecule has 4 rings (SSSR count). The lowest BCUT2D eigenvalue weighted by molar-refractivity contribution is 0.200. The molecule has 2 heterocycles. The van der Waals surface area contributed by atoms with Gasteiger partial charge in [-0.25, -0.2) is 14.8 Å². The molecule has 1 aromatic carbocycles. The van der Waals surface area contributed by atoms with Crippen molar-refractivity contribution in [2.75, 3.05) is 42.5 Å². The number of piperazine rings is 1. The Hall–Kier alpha value is -2.05. The van der Waals surface area contributed by atoms with Crippen molar-refractivity contribution in [1.29, 1.82) is 0 Å². The summed E-state index contributed by atoms with van der Waals surface area (Å²) in [5, 5.41) is 1.19. The summed E-state index contributed by atoms with van der Waals surface area (Å²) in [6.07, 6.45) is 5.58. The van der Waals surface area contributed by atoms with Crippen molar-refractivity contribution in [3.8, 4) is 0 Å². The molecule has 2 aliphatic rings. The summed E-state index contributed by atoms with van der Waals surface area (Å²) in [6, 6.07) is 7.56. The normalized spacial score (nSPS) is 17.1. The van der Waals surface area contributed by atoms with Gasteiger partial charge in [0.1, 0.15) is 0 Å². The fourth-order valence-electron chi connectivity index (χ4n) is 3.21. The summed E-state index contributed by atoms with van der Waals surface area (Å²) in [7, 11) is 0. The van der Waals surface area contributed by atoms with Gasteiger partial charge in [0.2, 0.25) is 5.95 Å². The van der Waals surface area contributed by atoms with Crippen LogP contribution in [0.1, 0.15) is 12.8 Å². The van der Waals surface area contributed by atoms with E-state index >= 15 is 0 Å². The van der Waals surface area contributed by atoms with E-state index in [4.69, 9.17) is 23.2 Å². The fraction of sp³-hybridized carbons (Fsp3) is 0.421. The van der Waals surface area contributed by atoms with Crippen LogP contribution in [0.15, 0.2) is 36.7 Å². The van der Waals surface area contributed by atoms with Crippen molar-refractivity contribution in [3.63, 3.8) is 0 Å². The lowest BCUT2D eigenvalue weighted by Crippen LogP contribution is -2.53. The van der Waals surface area contributed by atoms with Crippen molar-refractivity contribution in [2.24, 2.45) is 5.92 Å². The van der Waals surface area contributed by atoms with Gasteiger partial charge in [0.15, 0.2) is 0 Å². The van der Waals surface area contributed by atoms with Gasteiger partial charge in [-0.15, -0.1) is 0 Å². The van der Waals surface area contributed by atoms with Crippen molar-refractivity contribution in [1.82, 2.24) is 14.9 Å². The van der Waals surface area contributed by atoms with Crippen molar-refractivity contribution in [3.05, 3.63) is 46.7 Å². The van der Waals surface area contributed by atoms with Crippen molar-refractivity contribution >= 4 is 40.9 Å². The Kier molecular flexibility index (Phi) is 5.36. The van der Waals surface area contributed by atoms with Crippen molar-refractivity contribution < 1.29 is 4.79 Å². The number of anilines is 2. The smallest absolute Gasteiger partial charge is 0.324 e. The lowest BCUT2D eigenvalue weighted by Gasteiger charge is -2.37. The van der Waals surface area contributed by atoms with Crippen LogP contribution in [0.2, 0.25) is 10.0 Å². The van der Waals surface area contributed by atoms with Crippen LogP contribution in [0.5, 0.6) is 0 Å². The highest BCUT2D eigenvalue weighted by Crippen LogP contribution is 2.32. The predicted octanol–water partition coefficient (Wildman–Crippen LogP) is 3.94. The number of hydrogen-bond donors (Lipinski definition) is 0. The second kappa shape index (κ2) is 7.90. The number of aromatic nitrogens is 2. The van der Waals surface area contributed by atoms with Crippen LogP contribution in [-0.4, -0.2) is 53.6 Å². The molecule has 1 saturated carbocycles. The summed E-state index contributed by atoms with van der Waals surface area (Å²) in [4.78, 5) is 27.6. The Morgan fingerprint density at radius 2 is 1.63 bits per heavy atom. The van der Waals surface area contributed by atoms with Crippen LogP contribution in [-0.2, 0) is 0 Å². The second-order valence-corrected chi connectivity index (χ2v) is 7.86. The largest absolute Gasteiger partial charge is 0.337 e. The predicted molar refractivity (Wildman–Crippen MR) is 108 cm³/mol. The lowest BCUT2D eigenvalue weighted by atomic mass is 10.2. The molecule has 2 amide bonds. The molecule has 0 N–H and O–H groups in total. The van der Waals surface area contributed by atoms with Crippen LogP contribution in [0, 0.1) is 5.92 Å². The number of rotatable bonds is 4. The molecule has 0 bridgehead atoms.